The third-order valence-electron chi connectivity index (χ3n) is 1.63. The van der Waals surface area contributed by atoms with Crippen molar-refractivity contribution in [2.24, 2.45) is 0 Å². The van der Waals surface area contributed by atoms with E-state index in [2.05, 4.69) is 4.98 Å². The van der Waals surface area contributed by atoms with Crippen LogP contribution in [0.25, 0.3) is 0 Å². The van der Waals surface area contributed by atoms with Gasteiger partial charge in [-0.05, 0) is 11.6 Å². The van der Waals surface area contributed by atoms with Crippen LogP contribution in [0.15, 0.2) is 6.20 Å². The molecule has 0 amide bonds. The number of carbonyl (C=O) groups excluding carboxylic acids is 1. The Balaban J connectivity index is 3.63. The van der Waals surface area contributed by atoms with Crippen molar-refractivity contribution in [1.82, 2.24) is 4.98 Å². The summed E-state index contributed by atoms with van der Waals surface area (Å²) in [6.07, 6.45) is -2.49. The normalized spacial score (nSPS) is 10.6. The van der Waals surface area contributed by atoms with Gasteiger partial charge >= 0.3 is 5.69 Å². The predicted molar refractivity (Wildman–Crippen MR) is 51.0 cm³/mol. The molecule has 0 aliphatic rings. The summed E-state index contributed by atoms with van der Waals surface area (Å²) < 4.78 is 25.0. The molecule has 9 heteroatoms. The summed E-state index contributed by atoms with van der Waals surface area (Å²) in [5.74, 6) is 0. The van der Waals surface area contributed by atoms with E-state index in [4.69, 9.17) is 23.2 Å². The first kappa shape index (κ1) is 12.7. The third kappa shape index (κ3) is 2.25. The summed E-state index contributed by atoms with van der Waals surface area (Å²) in [5.41, 5.74) is -3.08. The van der Waals surface area contributed by atoms with Gasteiger partial charge in [-0.25, -0.2) is 13.8 Å². The highest BCUT2D eigenvalue weighted by atomic mass is 35.5. The van der Waals surface area contributed by atoms with Crippen molar-refractivity contribution in [1.29, 1.82) is 0 Å². The topological polar surface area (TPSA) is 73.1 Å². The zero-order valence-electron chi connectivity index (χ0n) is 7.29. The van der Waals surface area contributed by atoms with Crippen LogP contribution in [0.5, 0.6) is 0 Å². The first-order chi connectivity index (χ1) is 7.36. The number of nitrogens with zero attached hydrogens (tertiary/aromatic N) is 2. The fourth-order valence-corrected chi connectivity index (χ4v) is 1.39. The van der Waals surface area contributed by atoms with Crippen molar-refractivity contribution in [3.63, 3.8) is 0 Å². The second-order valence-electron chi connectivity index (χ2n) is 2.55. The number of aromatic nitrogens is 1. The fraction of sp³-hybridized carbons (Fsp3) is 0.143. The lowest BCUT2D eigenvalue weighted by molar-refractivity contribution is -0.386. The van der Waals surface area contributed by atoms with Gasteiger partial charge in [0.1, 0.15) is 5.56 Å². The standard InChI is InChI=1S/C7H2Cl2F2N2O3/c8-2-1-12-4(6(9)14)5(13(15)16)3(2)7(10)11/h1,7H. The van der Waals surface area contributed by atoms with Gasteiger partial charge in [-0.15, -0.1) is 0 Å². The second kappa shape index (κ2) is 4.67. The fourth-order valence-electron chi connectivity index (χ4n) is 1.03. The van der Waals surface area contributed by atoms with Crippen molar-refractivity contribution < 1.29 is 18.5 Å². The zero-order valence-corrected chi connectivity index (χ0v) is 8.80. The van der Waals surface area contributed by atoms with Crippen molar-refractivity contribution in [2.45, 2.75) is 6.43 Å². The second-order valence-corrected chi connectivity index (χ2v) is 3.30. The van der Waals surface area contributed by atoms with Gasteiger partial charge in [-0.3, -0.25) is 14.9 Å². The Hall–Kier alpha value is -1.34. The van der Waals surface area contributed by atoms with Gasteiger partial charge in [0.05, 0.1) is 9.95 Å². The van der Waals surface area contributed by atoms with Crippen LogP contribution in [0.1, 0.15) is 22.5 Å². The molecule has 1 rings (SSSR count). The van der Waals surface area contributed by atoms with Crippen LogP contribution in [-0.4, -0.2) is 15.1 Å². The maximum absolute atomic E-state index is 12.5. The average molecular weight is 271 g/mol. The van der Waals surface area contributed by atoms with Crippen molar-refractivity contribution in [3.05, 3.63) is 32.6 Å². The highest BCUT2D eigenvalue weighted by molar-refractivity contribution is 6.68. The van der Waals surface area contributed by atoms with E-state index in [-0.39, 0.29) is 0 Å². The molecule has 1 aromatic heterocycles. The molecule has 0 unspecified atom stereocenters. The molecule has 0 N–H and O–H groups in total. The molecule has 0 atom stereocenters. The highest BCUT2D eigenvalue weighted by Gasteiger charge is 2.32. The maximum Gasteiger partial charge on any atom is 0.310 e. The van der Waals surface area contributed by atoms with E-state index in [9.17, 15) is 23.7 Å². The van der Waals surface area contributed by atoms with E-state index in [0.29, 0.717) is 6.20 Å². The van der Waals surface area contributed by atoms with Crippen LogP contribution in [0.4, 0.5) is 14.5 Å². The lowest BCUT2D eigenvalue weighted by atomic mass is 10.2. The number of hydrogen-bond donors (Lipinski definition) is 0. The van der Waals surface area contributed by atoms with Gasteiger partial charge in [-0.2, -0.15) is 0 Å². The SMILES string of the molecule is O=C(Cl)c1ncc(Cl)c(C(F)F)c1[N+](=O)[O-]. The molecule has 5 nitrogen and oxygen atoms in total. The van der Waals surface area contributed by atoms with Crippen LogP contribution in [0, 0.1) is 10.1 Å². The smallest absolute Gasteiger partial charge is 0.274 e. The van der Waals surface area contributed by atoms with E-state index >= 15 is 0 Å². The number of carbonyl (C=O) groups is 1. The third-order valence-corrected chi connectivity index (χ3v) is 2.11. The Morgan fingerprint density at radius 1 is 1.56 bits per heavy atom. The van der Waals surface area contributed by atoms with Crippen LogP contribution in [-0.2, 0) is 0 Å². The largest absolute Gasteiger partial charge is 0.310 e. The molecule has 1 heterocycles. The quantitative estimate of drug-likeness (QED) is 0.481. The lowest BCUT2D eigenvalue weighted by Crippen LogP contribution is -2.06. The molecule has 0 spiro atoms. The van der Waals surface area contributed by atoms with Crippen LogP contribution < -0.4 is 0 Å². The summed E-state index contributed by atoms with van der Waals surface area (Å²) >= 11 is 10.3. The molecule has 0 aromatic carbocycles. The molecule has 0 bridgehead atoms. The van der Waals surface area contributed by atoms with Crippen molar-refractivity contribution >= 4 is 34.1 Å². The van der Waals surface area contributed by atoms with Crippen LogP contribution >= 0.6 is 23.2 Å². The van der Waals surface area contributed by atoms with E-state index in [1.165, 1.54) is 0 Å². The van der Waals surface area contributed by atoms with Gasteiger partial charge in [0.25, 0.3) is 11.7 Å². The van der Waals surface area contributed by atoms with Gasteiger partial charge in [-0.1, -0.05) is 11.6 Å². The number of rotatable bonds is 3. The number of alkyl halides is 2. The summed E-state index contributed by atoms with van der Waals surface area (Å²) in [6, 6.07) is 0. The minimum absolute atomic E-state index is 0.594. The molecule has 0 fully saturated rings. The first-order valence-electron chi connectivity index (χ1n) is 3.67. The number of nitro groups is 1. The minimum Gasteiger partial charge on any atom is -0.274 e. The summed E-state index contributed by atoms with van der Waals surface area (Å²) in [4.78, 5) is 23.4. The van der Waals surface area contributed by atoms with E-state index in [0.717, 1.165) is 0 Å². The van der Waals surface area contributed by atoms with E-state index in [1.54, 1.807) is 0 Å². The summed E-state index contributed by atoms with van der Waals surface area (Å²) in [6.45, 7) is 0. The first-order valence-corrected chi connectivity index (χ1v) is 4.42. The summed E-state index contributed by atoms with van der Waals surface area (Å²) in [7, 11) is 0. The molecular formula is C7H2Cl2F2N2O3. The maximum atomic E-state index is 12.5. The Morgan fingerprint density at radius 2 is 2.12 bits per heavy atom. The molecule has 0 aliphatic heterocycles. The Kier molecular flexibility index (Phi) is 3.71. The zero-order chi connectivity index (χ0) is 12.5. The molecule has 0 saturated carbocycles. The van der Waals surface area contributed by atoms with Gasteiger partial charge in [0.15, 0.2) is 0 Å². The molecule has 0 radical (unpaired) electrons. The monoisotopic (exact) mass is 270 g/mol. The highest BCUT2D eigenvalue weighted by Crippen LogP contribution is 2.36. The average Bonchev–Trinajstić information content (AvgIpc) is 2.15. The van der Waals surface area contributed by atoms with E-state index in [1.807, 2.05) is 0 Å². The van der Waals surface area contributed by atoms with Crippen LogP contribution in [0.3, 0.4) is 0 Å². The molecule has 86 valence electrons. The molecule has 0 aliphatic carbocycles. The molecule has 0 saturated heterocycles. The van der Waals surface area contributed by atoms with Crippen molar-refractivity contribution in [2.75, 3.05) is 0 Å². The van der Waals surface area contributed by atoms with Gasteiger partial charge in [0.2, 0.25) is 5.69 Å². The number of pyridine rings is 1. The summed E-state index contributed by atoms with van der Waals surface area (Å²) in [5, 5.41) is 8.67. The minimum atomic E-state index is -3.20. The van der Waals surface area contributed by atoms with Gasteiger partial charge < -0.3 is 0 Å². The number of halogens is 4. The Bertz CT molecular complexity index is 467. The molecule has 1 aromatic rings. The van der Waals surface area contributed by atoms with Gasteiger partial charge in [0, 0.05) is 6.20 Å². The predicted octanol–water partition coefficient (Wildman–Crippen LogP) is 2.96. The Labute approximate surface area is 97.1 Å². The number of hydrogen-bond acceptors (Lipinski definition) is 4. The lowest BCUT2D eigenvalue weighted by Gasteiger charge is -2.05. The van der Waals surface area contributed by atoms with Crippen LogP contribution in [0.2, 0.25) is 5.02 Å². The molecule has 16 heavy (non-hydrogen) atoms. The van der Waals surface area contributed by atoms with Crippen molar-refractivity contribution in [3.8, 4) is 0 Å². The Morgan fingerprint density at radius 3 is 2.50 bits per heavy atom. The molecular weight excluding hydrogens is 269 g/mol. The van der Waals surface area contributed by atoms with E-state index < -0.39 is 38.6 Å².